The fraction of sp³-hybridized carbons (Fsp3) is 0.579. The first-order valence-corrected chi connectivity index (χ1v) is 9.55. The Morgan fingerprint density at radius 2 is 1.76 bits per heavy atom. The first kappa shape index (κ1) is 21.3. The molecule has 0 radical (unpaired) electrons. The molecule has 1 aromatic heterocycles. The minimum atomic E-state index is 0.177. The van der Waals surface area contributed by atoms with Crippen molar-refractivity contribution >= 4 is 23.3 Å². The maximum absolute atomic E-state index is 6.06. The van der Waals surface area contributed by atoms with E-state index in [0.29, 0.717) is 23.5 Å². The molecule has 0 unspecified atom stereocenters. The summed E-state index contributed by atoms with van der Waals surface area (Å²) in [6, 6.07) is 0.396. The number of rotatable bonds is 5. The first-order chi connectivity index (χ1) is 12.2. The van der Waals surface area contributed by atoms with Crippen LogP contribution in [0.5, 0.6) is 0 Å². The standard InChI is InChI=1S/C17H24ClN5.C2H6/c1-3-4-12-14(19-2)15-21-16(18)23-17(22-15)20-13-10-8-6-5-7-9-11-13;1-2/h3-4,12-13H,1,5-11H2,2H3,(H,20,21,22,23);1-2H3/b12-4-,19-14?;. The van der Waals surface area contributed by atoms with Gasteiger partial charge in [0, 0.05) is 13.1 Å². The predicted octanol–water partition coefficient (Wildman–Crippen LogP) is 5.24. The molecule has 0 amide bonds. The quantitative estimate of drug-likeness (QED) is 0.574. The molecule has 0 spiro atoms. The van der Waals surface area contributed by atoms with Gasteiger partial charge in [-0.2, -0.15) is 15.0 Å². The van der Waals surface area contributed by atoms with Crippen molar-refractivity contribution in [2.75, 3.05) is 12.4 Å². The molecule has 0 bridgehead atoms. The summed E-state index contributed by atoms with van der Waals surface area (Å²) in [6.07, 6.45) is 14.0. The normalized spacial score (nSPS) is 16.6. The summed E-state index contributed by atoms with van der Waals surface area (Å²) in [5.41, 5.74) is 0.648. The number of aliphatic imine (C=N–C) groups is 1. The van der Waals surface area contributed by atoms with Crippen molar-refractivity contribution in [3.63, 3.8) is 0 Å². The van der Waals surface area contributed by atoms with Crippen LogP contribution < -0.4 is 5.32 Å². The highest BCUT2D eigenvalue weighted by molar-refractivity contribution is 6.28. The van der Waals surface area contributed by atoms with Crippen molar-refractivity contribution in [1.29, 1.82) is 0 Å². The zero-order valence-corrected chi connectivity index (χ0v) is 16.4. The van der Waals surface area contributed by atoms with Gasteiger partial charge in [0.2, 0.25) is 11.2 Å². The van der Waals surface area contributed by atoms with Crippen LogP contribution in [0.3, 0.4) is 0 Å². The number of anilines is 1. The predicted molar refractivity (Wildman–Crippen MR) is 108 cm³/mol. The molecule has 1 heterocycles. The summed E-state index contributed by atoms with van der Waals surface area (Å²) in [6.45, 7) is 7.66. The van der Waals surface area contributed by atoms with Crippen LogP contribution >= 0.6 is 11.6 Å². The van der Waals surface area contributed by atoms with E-state index in [9.17, 15) is 0 Å². The second kappa shape index (κ2) is 12.6. The van der Waals surface area contributed by atoms with Crippen molar-refractivity contribution in [3.05, 3.63) is 35.9 Å². The summed E-state index contributed by atoms with van der Waals surface area (Å²) < 4.78 is 0. The molecule has 2 rings (SSSR count). The molecule has 138 valence electrons. The highest BCUT2D eigenvalue weighted by Crippen LogP contribution is 2.20. The number of halogens is 1. The molecule has 0 atom stereocenters. The van der Waals surface area contributed by atoms with E-state index in [1.165, 1.54) is 32.1 Å². The Balaban J connectivity index is 0.00000151. The molecule has 1 N–H and O–H groups in total. The van der Waals surface area contributed by atoms with Gasteiger partial charge in [0.1, 0.15) is 5.71 Å². The first-order valence-electron chi connectivity index (χ1n) is 9.17. The van der Waals surface area contributed by atoms with Crippen molar-refractivity contribution in [3.8, 4) is 0 Å². The molecule has 0 saturated heterocycles. The van der Waals surface area contributed by atoms with E-state index in [4.69, 9.17) is 11.6 Å². The maximum atomic E-state index is 6.06. The maximum Gasteiger partial charge on any atom is 0.227 e. The SMILES string of the molecule is C=C/C=C\C(=NC)c1nc(Cl)nc(NC2CCCCCCC2)n1.CC. The number of aromatic nitrogens is 3. The van der Waals surface area contributed by atoms with E-state index >= 15 is 0 Å². The minimum Gasteiger partial charge on any atom is -0.351 e. The zero-order chi connectivity index (χ0) is 18.5. The lowest BCUT2D eigenvalue weighted by molar-refractivity contribution is 0.469. The zero-order valence-electron chi connectivity index (χ0n) is 15.6. The van der Waals surface area contributed by atoms with Gasteiger partial charge >= 0.3 is 0 Å². The van der Waals surface area contributed by atoms with Gasteiger partial charge in [-0.05, 0) is 30.5 Å². The summed E-state index contributed by atoms with van der Waals surface area (Å²) in [7, 11) is 1.70. The molecule has 0 aliphatic heterocycles. The molecule has 0 aromatic carbocycles. The third-order valence-electron chi connectivity index (χ3n) is 3.91. The molecule has 1 aliphatic rings. The highest BCUT2D eigenvalue weighted by Gasteiger charge is 2.14. The molecule has 6 heteroatoms. The van der Waals surface area contributed by atoms with Gasteiger partial charge in [-0.1, -0.05) is 64.7 Å². The van der Waals surface area contributed by atoms with Gasteiger partial charge in [0.25, 0.3) is 0 Å². The fourth-order valence-corrected chi connectivity index (χ4v) is 2.88. The van der Waals surface area contributed by atoms with Gasteiger partial charge in [0.15, 0.2) is 5.82 Å². The average molecular weight is 364 g/mol. The highest BCUT2D eigenvalue weighted by atomic mass is 35.5. The number of hydrogen-bond acceptors (Lipinski definition) is 5. The van der Waals surface area contributed by atoms with Crippen LogP contribution in [0.15, 0.2) is 29.8 Å². The summed E-state index contributed by atoms with van der Waals surface area (Å²) in [4.78, 5) is 17.1. The van der Waals surface area contributed by atoms with Crippen LogP contribution in [-0.4, -0.2) is 33.8 Å². The Labute approximate surface area is 156 Å². The Kier molecular flexibility index (Phi) is 10.7. The lowest BCUT2D eigenvalue weighted by Gasteiger charge is -2.21. The topological polar surface area (TPSA) is 63.1 Å². The van der Waals surface area contributed by atoms with Gasteiger partial charge in [-0.25, -0.2) is 0 Å². The lowest BCUT2D eigenvalue weighted by Crippen LogP contribution is -2.23. The van der Waals surface area contributed by atoms with E-state index in [0.717, 1.165) is 12.8 Å². The third kappa shape index (κ3) is 7.78. The van der Waals surface area contributed by atoms with Crippen molar-refractivity contribution in [2.24, 2.45) is 4.99 Å². The Hall–Kier alpha value is -1.75. The van der Waals surface area contributed by atoms with E-state index in [-0.39, 0.29) is 5.28 Å². The lowest BCUT2D eigenvalue weighted by atomic mass is 9.97. The number of allylic oxidation sites excluding steroid dienone is 3. The van der Waals surface area contributed by atoms with E-state index in [1.807, 2.05) is 13.8 Å². The van der Waals surface area contributed by atoms with Crippen LogP contribution in [0.1, 0.15) is 64.6 Å². The van der Waals surface area contributed by atoms with Gasteiger partial charge in [0.05, 0.1) is 0 Å². The van der Waals surface area contributed by atoms with Crippen molar-refractivity contribution < 1.29 is 0 Å². The monoisotopic (exact) mass is 363 g/mol. The Morgan fingerprint density at radius 1 is 1.12 bits per heavy atom. The molecule has 1 saturated carbocycles. The minimum absolute atomic E-state index is 0.177. The summed E-state index contributed by atoms with van der Waals surface area (Å²) in [5, 5.41) is 3.60. The summed E-state index contributed by atoms with van der Waals surface area (Å²) >= 11 is 6.06. The molecule has 25 heavy (non-hydrogen) atoms. The summed E-state index contributed by atoms with van der Waals surface area (Å²) in [5.74, 6) is 0.998. The molecule has 5 nitrogen and oxygen atoms in total. The van der Waals surface area contributed by atoms with Crippen molar-refractivity contribution in [1.82, 2.24) is 15.0 Å². The third-order valence-corrected chi connectivity index (χ3v) is 4.08. The van der Waals surface area contributed by atoms with E-state index < -0.39 is 0 Å². The Morgan fingerprint density at radius 3 is 2.36 bits per heavy atom. The molecule has 1 aromatic rings. The van der Waals surface area contributed by atoms with Crippen LogP contribution in [-0.2, 0) is 0 Å². The Bertz CT molecular complexity index is 575. The largest absolute Gasteiger partial charge is 0.351 e. The number of nitrogens with one attached hydrogen (secondary N) is 1. The molecular formula is C19H30ClN5. The van der Waals surface area contributed by atoms with Gasteiger partial charge in [-0.15, -0.1) is 0 Å². The van der Waals surface area contributed by atoms with Crippen LogP contribution in [0.2, 0.25) is 5.28 Å². The van der Waals surface area contributed by atoms with E-state index in [2.05, 4.69) is 31.8 Å². The fourth-order valence-electron chi connectivity index (χ4n) is 2.72. The average Bonchev–Trinajstić information content (AvgIpc) is 2.59. The number of nitrogens with zero attached hydrogens (tertiary/aromatic N) is 4. The molecule has 1 fully saturated rings. The van der Waals surface area contributed by atoms with Crippen LogP contribution in [0, 0.1) is 0 Å². The van der Waals surface area contributed by atoms with Gasteiger partial charge < -0.3 is 5.32 Å². The second-order valence-electron chi connectivity index (χ2n) is 5.64. The van der Waals surface area contributed by atoms with Crippen LogP contribution in [0.25, 0.3) is 0 Å². The van der Waals surface area contributed by atoms with Crippen LogP contribution in [0.4, 0.5) is 5.95 Å². The molecular weight excluding hydrogens is 334 g/mol. The van der Waals surface area contributed by atoms with E-state index in [1.54, 1.807) is 25.3 Å². The number of hydrogen-bond donors (Lipinski definition) is 1. The van der Waals surface area contributed by atoms with Gasteiger partial charge in [-0.3, -0.25) is 4.99 Å². The van der Waals surface area contributed by atoms with Crippen molar-refractivity contribution in [2.45, 2.75) is 64.8 Å². The molecule has 1 aliphatic carbocycles. The smallest absolute Gasteiger partial charge is 0.227 e. The second-order valence-corrected chi connectivity index (χ2v) is 5.98.